The number of carbonyl (C=O) groups is 1. The predicted octanol–water partition coefficient (Wildman–Crippen LogP) is 3.66. The van der Waals surface area contributed by atoms with Crippen molar-refractivity contribution in [3.8, 4) is 5.75 Å². The van der Waals surface area contributed by atoms with Gasteiger partial charge in [-0.1, -0.05) is 30.3 Å². The summed E-state index contributed by atoms with van der Waals surface area (Å²) in [6.07, 6.45) is 0.473. The van der Waals surface area contributed by atoms with E-state index >= 15 is 0 Å². The van der Waals surface area contributed by atoms with E-state index in [0.717, 1.165) is 16.5 Å². The number of sulfone groups is 1. The molecule has 4 rings (SSSR count). The third-order valence-corrected chi connectivity index (χ3v) is 6.98. The first-order valence-electron chi connectivity index (χ1n) is 9.67. The Bertz CT molecular complexity index is 1130. The molecule has 0 spiro atoms. The molecule has 29 heavy (non-hydrogen) atoms. The zero-order valence-corrected chi connectivity index (χ0v) is 17.0. The maximum Gasteiger partial charge on any atom is 0.289 e. The molecule has 2 heterocycles. The quantitative estimate of drug-likeness (QED) is 0.616. The van der Waals surface area contributed by atoms with Crippen LogP contribution in [0.5, 0.6) is 5.75 Å². The van der Waals surface area contributed by atoms with Crippen LogP contribution in [0.4, 0.5) is 0 Å². The van der Waals surface area contributed by atoms with Crippen molar-refractivity contribution in [2.75, 3.05) is 18.1 Å². The Hall–Kier alpha value is -2.80. The lowest BCUT2D eigenvalue weighted by atomic mass is 10.1. The van der Waals surface area contributed by atoms with E-state index in [1.807, 2.05) is 49.4 Å². The molecule has 6 nitrogen and oxygen atoms in total. The topological polar surface area (TPSA) is 76.8 Å². The van der Waals surface area contributed by atoms with Crippen LogP contribution in [0.25, 0.3) is 10.8 Å². The van der Waals surface area contributed by atoms with Crippen LogP contribution >= 0.6 is 0 Å². The molecule has 152 valence electrons. The van der Waals surface area contributed by atoms with E-state index in [0.29, 0.717) is 18.7 Å². The molecule has 0 bridgehead atoms. The van der Waals surface area contributed by atoms with Gasteiger partial charge in [0.05, 0.1) is 11.5 Å². The summed E-state index contributed by atoms with van der Waals surface area (Å²) < 4.78 is 35.0. The van der Waals surface area contributed by atoms with Crippen molar-refractivity contribution in [3.05, 3.63) is 66.1 Å². The average molecular weight is 413 g/mol. The van der Waals surface area contributed by atoms with Crippen LogP contribution in [-0.2, 0) is 16.4 Å². The minimum absolute atomic E-state index is 0.0191. The maximum atomic E-state index is 12.8. The number of carbonyl (C=O) groups excluding carboxylic acids is 1. The van der Waals surface area contributed by atoms with Gasteiger partial charge in [0.1, 0.15) is 18.1 Å². The fourth-order valence-corrected chi connectivity index (χ4v) is 5.44. The largest absolute Gasteiger partial charge is 0.486 e. The van der Waals surface area contributed by atoms with Gasteiger partial charge in [0.25, 0.3) is 5.91 Å². The Kier molecular flexibility index (Phi) is 5.32. The molecule has 1 atom stereocenters. The Labute approximate surface area is 170 Å². The molecule has 1 aliphatic heterocycles. The van der Waals surface area contributed by atoms with E-state index in [1.54, 1.807) is 17.0 Å². The number of benzene rings is 2. The number of hydrogen-bond acceptors (Lipinski definition) is 5. The predicted molar refractivity (Wildman–Crippen MR) is 111 cm³/mol. The van der Waals surface area contributed by atoms with E-state index < -0.39 is 9.84 Å². The van der Waals surface area contributed by atoms with Crippen LogP contribution in [0, 0.1) is 0 Å². The first-order chi connectivity index (χ1) is 13.9. The lowest BCUT2D eigenvalue weighted by Gasteiger charge is -2.25. The first-order valence-corrected chi connectivity index (χ1v) is 11.5. The van der Waals surface area contributed by atoms with Gasteiger partial charge in [0.15, 0.2) is 15.6 Å². The van der Waals surface area contributed by atoms with Gasteiger partial charge in [0, 0.05) is 12.6 Å². The smallest absolute Gasteiger partial charge is 0.289 e. The van der Waals surface area contributed by atoms with Crippen LogP contribution < -0.4 is 4.74 Å². The number of rotatable bonds is 6. The molecule has 1 fully saturated rings. The summed E-state index contributed by atoms with van der Waals surface area (Å²) in [5, 5.41) is 2.23. The molecule has 7 heteroatoms. The zero-order valence-electron chi connectivity index (χ0n) is 16.2. The summed E-state index contributed by atoms with van der Waals surface area (Å²) in [4.78, 5) is 14.4. The summed E-state index contributed by atoms with van der Waals surface area (Å²) in [7, 11) is -3.06. The second-order valence-electron chi connectivity index (χ2n) is 7.21. The first kappa shape index (κ1) is 19.5. The molecule has 0 radical (unpaired) electrons. The van der Waals surface area contributed by atoms with Crippen molar-refractivity contribution >= 4 is 26.5 Å². The minimum atomic E-state index is -3.06. The molecule has 1 saturated heterocycles. The number of ether oxygens (including phenoxy) is 1. The van der Waals surface area contributed by atoms with Crippen LogP contribution in [-0.4, -0.2) is 43.3 Å². The molecule has 0 N–H and O–H groups in total. The van der Waals surface area contributed by atoms with Crippen LogP contribution in [0.15, 0.2) is 59.0 Å². The average Bonchev–Trinajstić information content (AvgIpc) is 3.33. The fraction of sp³-hybridized carbons (Fsp3) is 0.318. The molecule has 0 saturated carbocycles. The Morgan fingerprint density at radius 1 is 1.14 bits per heavy atom. The fourth-order valence-electron chi connectivity index (χ4n) is 3.71. The maximum absolute atomic E-state index is 12.8. The number of amides is 1. The highest BCUT2D eigenvalue weighted by Crippen LogP contribution is 2.23. The molecule has 1 unspecified atom stereocenters. The molecule has 1 aliphatic rings. The van der Waals surface area contributed by atoms with Crippen molar-refractivity contribution in [2.24, 2.45) is 0 Å². The second-order valence-corrected chi connectivity index (χ2v) is 9.44. The van der Waals surface area contributed by atoms with Gasteiger partial charge in [-0.15, -0.1) is 0 Å². The molecule has 3 aromatic rings. The zero-order chi connectivity index (χ0) is 20.4. The molecule has 1 aromatic heterocycles. The van der Waals surface area contributed by atoms with Crippen LogP contribution in [0.1, 0.15) is 29.7 Å². The number of furan rings is 1. The van der Waals surface area contributed by atoms with Gasteiger partial charge in [-0.25, -0.2) is 8.42 Å². The monoisotopic (exact) mass is 413 g/mol. The van der Waals surface area contributed by atoms with Crippen LogP contribution in [0.3, 0.4) is 0 Å². The van der Waals surface area contributed by atoms with E-state index in [9.17, 15) is 13.2 Å². The highest BCUT2D eigenvalue weighted by atomic mass is 32.2. The van der Waals surface area contributed by atoms with E-state index in [1.165, 1.54) is 0 Å². The van der Waals surface area contributed by atoms with Crippen LogP contribution in [0.2, 0.25) is 0 Å². The third kappa shape index (κ3) is 4.29. The standard InChI is InChI=1S/C22H23NO5S/c1-2-23(18-11-12-29(25,26)15-18)22(24)21-10-9-20(28-21)14-27-19-8-7-16-5-3-4-6-17(16)13-19/h3-10,13,18H,2,11-12,14-15H2,1H3. The van der Waals surface area contributed by atoms with Crippen molar-refractivity contribution in [2.45, 2.75) is 26.0 Å². The highest BCUT2D eigenvalue weighted by Gasteiger charge is 2.35. The molecule has 0 aliphatic carbocycles. The van der Waals surface area contributed by atoms with E-state index in [4.69, 9.17) is 9.15 Å². The molecular formula is C22H23NO5S. The van der Waals surface area contributed by atoms with Gasteiger partial charge in [-0.3, -0.25) is 4.79 Å². The number of fused-ring (bicyclic) bond motifs is 1. The molecule has 2 aromatic carbocycles. The van der Waals surface area contributed by atoms with Crippen molar-refractivity contribution < 1.29 is 22.4 Å². The summed E-state index contributed by atoms with van der Waals surface area (Å²) in [6.45, 7) is 2.48. The second kappa shape index (κ2) is 7.91. The summed E-state index contributed by atoms with van der Waals surface area (Å²) in [5.41, 5.74) is 0. The number of nitrogens with zero attached hydrogens (tertiary/aromatic N) is 1. The molecule has 1 amide bonds. The Morgan fingerprint density at radius 2 is 1.93 bits per heavy atom. The van der Waals surface area contributed by atoms with Gasteiger partial charge in [-0.05, 0) is 48.4 Å². The van der Waals surface area contributed by atoms with Crippen molar-refractivity contribution in [1.82, 2.24) is 4.90 Å². The molecular weight excluding hydrogens is 390 g/mol. The number of hydrogen-bond donors (Lipinski definition) is 0. The normalized spacial score (nSPS) is 18.0. The van der Waals surface area contributed by atoms with Gasteiger partial charge >= 0.3 is 0 Å². The van der Waals surface area contributed by atoms with Gasteiger partial charge in [-0.2, -0.15) is 0 Å². The summed E-state index contributed by atoms with van der Waals surface area (Å²) >= 11 is 0. The van der Waals surface area contributed by atoms with E-state index in [2.05, 4.69) is 0 Å². The lowest BCUT2D eigenvalue weighted by Crippen LogP contribution is -2.40. The SMILES string of the molecule is CCN(C(=O)c1ccc(COc2ccc3ccccc3c2)o1)C1CCS(=O)(=O)C1. The minimum Gasteiger partial charge on any atom is -0.486 e. The summed E-state index contributed by atoms with van der Waals surface area (Å²) in [6, 6.07) is 16.9. The third-order valence-electron chi connectivity index (χ3n) is 5.23. The van der Waals surface area contributed by atoms with Gasteiger partial charge < -0.3 is 14.1 Å². The van der Waals surface area contributed by atoms with E-state index in [-0.39, 0.29) is 35.8 Å². The van der Waals surface area contributed by atoms with Crippen molar-refractivity contribution in [3.63, 3.8) is 0 Å². The Morgan fingerprint density at radius 3 is 2.66 bits per heavy atom. The summed E-state index contributed by atoms with van der Waals surface area (Å²) in [5.74, 6) is 1.33. The van der Waals surface area contributed by atoms with Gasteiger partial charge in [0.2, 0.25) is 0 Å². The lowest BCUT2D eigenvalue weighted by molar-refractivity contribution is 0.0671. The Balaban J connectivity index is 1.42. The van der Waals surface area contributed by atoms with Crippen molar-refractivity contribution in [1.29, 1.82) is 0 Å². The highest BCUT2D eigenvalue weighted by molar-refractivity contribution is 7.91.